The second-order valence-corrected chi connectivity index (χ2v) is 6.14. The van der Waals surface area contributed by atoms with Crippen LogP contribution in [0, 0.1) is 6.92 Å². The molecule has 1 heterocycles. The molecular weight excluding hydrogens is 284 g/mol. The van der Waals surface area contributed by atoms with Gasteiger partial charge in [0.2, 0.25) is 0 Å². The number of hydrogen-bond acceptors (Lipinski definition) is 1. The quantitative estimate of drug-likeness (QED) is 0.893. The average molecular weight is 307 g/mol. The van der Waals surface area contributed by atoms with Gasteiger partial charge in [-0.2, -0.15) is 0 Å². The molecule has 3 rings (SSSR count). The molecule has 3 heteroatoms. The molecule has 2 aromatic carbocycles. The van der Waals surface area contributed by atoms with Crippen molar-refractivity contribution < 1.29 is 9.69 Å². The molecule has 2 aromatic rings. The zero-order valence-corrected chi connectivity index (χ0v) is 13.5. The molecule has 0 radical (unpaired) electrons. The minimum Gasteiger partial charge on any atom is -0.324 e. The first-order chi connectivity index (χ1) is 11.2. The van der Waals surface area contributed by atoms with Gasteiger partial charge in [0.25, 0.3) is 5.91 Å². The number of quaternary nitrogens is 1. The summed E-state index contributed by atoms with van der Waals surface area (Å²) in [6.07, 6.45) is 3.30. The van der Waals surface area contributed by atoms with E-state index in [0.29, 0.717) is 6.54 Å². The standard InChI is InChI=1S/C20H22N2O/c1-16-6-5-9-19(14-16)21-20(23)15-22-12-10-18(11-13-22)17-7-3-2-4-8-17/h2-10,14H,11-13,15H2,1H3,(H,21,23)/p+1. The van der Waals surface area contributed by atoms with E-state index in [4.69, 9.17) is 0 Å². The second kappa shape index (κ2) is 7.25. The predicted octanol–water partition coefficient (Wildman–Crippen LogP) is 2.31. The molecule has 1 aliphatic rings. The molecule has 2 N–H and O–H groups in total. The zero-order chi connectivity index (χ0) is 16.1. The van der Waals surface area contributed by atoms with E-state index in [9.17, 15) is 4.79 Å². The van der Waals surface area contributed by atoms with E-state index in [1.165, 1.54) is 16.0 Å². The van der Waals surface area contributed by atoms with Crippen LogP contribution in [-0.4, -0.2) is 25.5 Å². The lowest BCUT2D eigenvalue weighted by Gasteiger charge is -2.23. The molecule has 1 atom stereocenters. The van der Waals surface area contributed by atoms with Crippen molar-refractivity contribution >= 4 is 17.2 Å². The molecule has 1 amide bonds. The Morgan fingerprint density at radius 1 is 1.13 bits per heavy atom. The van der Waals surface area contributed by atoms with Crippen molar-refractivity contribution in [2.24, 2.45) is 0 Å². The Morgan fingerprint density at radius 3 is 2.65 bits per heavy atom. The van der Waals surface area contributed by atoms with Gasteiger partial charge in [-0.25, -0.2) is 0 Å². The average Bonchev–Trinajstić information content (AvgIpc) is 2.56. The predicted molar refractivity (Wildman–Crippen MR) is 94.4 cm³/mol. The summed E-state index contributed by atoms with van der Waals surface area (Å²) < 4.78 is 0. The third kappa shape index (κ3) is 4.30. The molecule has 0 saturated heterocycles. The first-order valence-corrected chi connectivity index (χ1v) is 8.15. The number of aryl methyl sites for hydroxylation is 1. The summed E-state index contributed by atoms with van der Waals surface area (Å²) in [5, 5.41) is 2.99. The van der Waals surface area contributed by atoms with Crippen molar-refractivity contribution in [3.63, 3.8) is 0 Å². The molecule has 23 heavy (non-hydrogen) atoms. The number of anilines is 1. The summed E-state index contributed by atoms with van der Waals surface area (Å²) in [6, 6.07) is 18.4. The molecular formula is C20H23N2O+. The van der Waals surface area contributed by atoms with Gasteiger partial charge in [0.05, 0.1) is 13.1 Å². The topological polar surface area (TPSA) is 33.5 Å². The third-order valence-electron chi connectivity index (χ3n) is 4.24. The van der Waals surface area contributed by atoms with Crippen LogP contribution < -0.4 is 10.2 Å². The van der Waals surface area contributed by atoms with Crippen LogP contribution in [0.1, 0.15) is 17.5 Å². The minimum absolute atomic E-state index is 0.0853. The first kappa shape index (κ1) is 15.5. The second-order valence-electron chi connectivity index (χ2n) is 6.14. The van der Waals surface area contributed by atoms with Gasteiger partial charge in [-0.05, 0) is 41.8 Å². The van der Waals surface area contributed by atoms with Crippen LogP contribution >= 0.6 is 0 Å². The zero-order valence-electron chi connectivity index (χ0n) is 13.5. The van der Waals surface area contributed by atoms with Gasteiger partial charge in [-0.1, -0.05) is 42.5 Å². The molecule has 0 aliphatic carbocycles. The summed E-state index contributed by atoms with van der Waals surface area (Å²) in [4.78, 5) is 13.5. The number of carbonyl (C=O) groups is 1. The Kier molecular flexibility index (Phi) is 4.89. The Bertz CT molecular complexity index is 707. The van der Waals surface area contributed by atoms with E-state index in [0.717, 1.165) is 30.8 Å². The van der Waals surface area contributed by atoms with Gasteiger partial charge >= 0.3 is 0 Å². The fraction of sp³-hybridized carbons (Fsp3) is 0.250. The Labute approximate surface area is 137 Å². The molecule has 0 aromatic heterocycles. The molecule has 0 bridgehead atoms. The van der Waals surface area contributed by atoms with E-state index in [1.54, 1.807) is 0 Å². The Morgan fingerprint density at radius 2 is 1.96 bits per heavy atom. The molecule has 1 aliphatic heterocycles. The first-order valence-electron chi connectivity index (χ1n) is 8.15. The van der Waals surface area contributed by atoms with Crippen molar-refractivity contribution in [2.75, 3.05) is 25.0 Å². The highest BCUT2D eigenvalue weighted by molar-refractivity contribution is 5.91. The summed E-state index contributed by atoms with van der Waals surface area (Å²) in [5.41, 5.74) is 4.74. The fourth-order valence-corrected chi connectivity index (χ4v) is 3.01. The number of nitrogens with one attached hydrogen (secondary N) is 2. The van der Waals surface area contributed by atoms with Gasteiger partial charge in [0.1, 0.15) is 0 Å². The van der Waals surface area contributed by atoms with Crippen LogP contribution in [-0.2, 0) is 4.79 Å². The largest absolute Gasteiger partial charge is 0.324 e. The van der Waals surface area contributed by atoms with Crippen LogP contribution in [0.15, 0.2) is 60.7 Å². The highest BCUT2D eigenvalue weighted by Crippen LogP contribution is 2.17. The normalized spacial score (nSPS) is 17.4. The molecule has 0 fully saturated rings. The number of carbonyl (C=O) groups excluding carboxylic acids is 1. The monoisotopic (exact) mass is 307 g/mol. The highest BCUT2D eigenvalue weighted by atomic mass is 16.2. The van der Waals surface area contributed by atoms with Crippen LogP contribution in [0.2, 0.25) is 0 Å². The van der Waals surface area contributed by atoms with Crippen molar-refractivity contribution in [3.05, 3.63) is 71.8 Å². The summed E-state index contributed by atoms with van der Waals surface area (Å²) in [6.45, 7) is 4.46. The van der Waals surface area contributed by atoms with Gasteiger partial charge < -0.3 is 10.2 Å². The third-order valence-corrected chi connectivity index (χ3v) is 4.24. The maximum Gasteiger partial charge on any atom is 0.279 e. The molecule has 118 valence electrons. The number of benzene rings is 2. The Balaban J connectivity index is 1.54. The lowest BCUT2D eigenvalue weighted by molar-refractivity contribution is -0.886. The molecule has 3 nitrogen and oxygen atoms in total. The van der Waals surface area contributed by atoms with E-state index < -0.39 is 0 Å². The number of hydrogen-bond donors (Lipinski definition) is 2. The lowest BCUT2D eigenvalue weighted by Crippen LogP contribution is -3.13. The van der Waals surface area contributed by atoms with Crippen LogP contribution in [0.3, 0.4) is 0 Å². The van der Waals surface area contributed by atoms with Crippen LogP contribution in [0.4, 0.5) is 5.69 Å². The van der Waals surface area contributed by atoms with Gasteiger partial charge in [-0.15, -0.1) is 0 Å². The van der Waals surface area contributed by atoms with Crippen molar-refractivity contribution in [1.29, 1.82) is 0 Å². The maximum absolute atomic E-state index is 12.2. The van der Waals surface area contributed by atoms with E-state index in [1.807, 2.05) is 37.3 Å². The van der Waals surface area contributed by atoms with E-state index in [2.05, 4.69) is 35.7 Å². The highest BCUT2D eigenvalue weighted by Gasteiger charge is 2.18. The van der Waals surface area contributed by atoms with Crippen molar-refractivity contribution in [1.82, 2.24) is 0 Å². The van der Waals surface area contributed by atoms with E-state index >= 15 is 0 Å². The summed E-state index contributed by atoms with van der Waals surface area (Å²) in [5.74, 6) is 0.0853. The number of amides is 1. The van der Waals surface area contributed by atoms with Crippen molar-refractivity contribution in [3.8, 4) is 0 Å². The van der Waals surface area contributed by atoms with Gasteiger partial charge in [0, 0.05) is 12.1 Å². The smallest absolute Gasteiger partial charge is 0.279 e. The Hall–Kier alpha value is -2.39. The lowest BCUT2D eigenvalue weighted by atomic mass is 10.00. The minimum atomic E-state index is 0.0853. The summed E-state index contributed by atoms with van der Waals surface area (Å²) in [7, 11) is 0. The molecule has 1 unspecified atom stereocenters. The van der Waals surface area contributed by atoms with Gasteiger partial charge in [0.15, 0.2) is 6.54 Å². The van der Waals surface area contributed by atoms with Gasteiger partial charge in [-0.3, -0.25) is 4.79 Å². The summed E-state index contributed by atoms with van der Waals surface area (Å²) >= 11 is 0. The van der Waals surface area contributed by atoms with Crippen molar-refractivity contribution in [2.45, 2.75) is 13.3 Å². The maximum atomic E-state index is 12.2. The molecule has 0 saturated carbocycles. The number of rotatable bonds is 4. The van der Waals surface area contributed by atoms with Crippen LogP contribution in [0.5, 0.6) is 0 Å². The molecule has 0 spiro atoms. The van der Waals surface area contributed by atoms with E-state index in [-0.39, 0.29) is 5.91 Å². The van der Waals surface area contributed by atoms with Crippen LogP contribution in [0.25, 0.3) is 5.57 Å². The SMILES string of the molecule is Cc1cccc(NC(=O)C[NH+]2CC=C(c3ccccc3)CC2)c1. The fourth-order valence-electron chi connectivity index (χ4n) is 3.01.